The number of ether oxygens (including phenoxy) is 1. The molecular formula is C10H17FO2. The van der Waals surface area contributed by atoms with E-state index in [1.165, 1.54) is 0 Å². The van der Waals surface area contributed by atoms with Gasteiger partial charge in [0.1, 0.15) is 0 Å². The molecule has 0 heterocycles. The van der Waals surface area contributed by atoms with Crippen molar-refractivity contribution >= 4 is 5.97 Å². The number of unbranched alkanes of at least 4 members (excludes halogenated alkanes) is 1. The summed E-state index contributed by atoms with van der Waals surface area (Å²) in [4.78, 5) is 11.1. The van der Waals surface area contributed by atoms with Crippen molar-refractivity contribution in [2.75, 3.05) is 6.61 Å². The molecule has 0 aliphatic carbocycles. The molecule has 0 radical (unpaired) electrons. The lowest BCUT2D eigenvalue weighted by molar-refractivity contribution is -0.154. The van der Waals surface area contributed by atoms with E-state index in [2.05, 4.69) is 11.3 Å². The molecule has 0 bridgehead atoms. The van der Waals surface area contributed by atoms with Crippen LogP contribution in [0.1, 0.15) is 33.1 Å². The average Bonchev–Trinajstić information content (AvgIpc) is 2.14. The van der Waals surface area contributed by atoms with E-state index in [4.69, 9.17) is 0 Å². The van der Waals surface area contributed by atoms with Gasteiger partial charge in [-0.3, -0.25) is 0 Å². The highest BCUT2D eigenvalue weighted by Crippen LogP contribution is 2.22. The third kappa shape index (κ3) is 3.57. The van der Waals surface area contributed by atoms with Crippen LogP contribution in [0.5, 0.6) is 0 Å². The Balaban J connectivity index is 4.24. The second-order valence-corrected chi connectivity index (χ2v) is 2.89. The highest BCUT2D eigenvalue weighted by molar-refractivity contribution is 5.81. The smallest absolute Gasteiger partial charge is 0.347 e. The van der Waals surface area contributed by atoms with Crippen molar-refractivity contribution in [2.45, 2.75) is 38.8 Å². The zero-order valence-corrected chi connectivity index (χ0v) is 8.31. The van der Waals surface area contributed by atoms with Crippen LogP contribution in [0.2, 0.25) is 0 Å². The van der Waals surface area contributed by atoms with Gasteiger partial charge in [-0.1, -0.05) is 19.9 Å². The number of rotatable bonds is 6. The summed E-state index contributed by atoms with van der Waals surface area (Å²) in [5, 5.41) is 0. The summed E-state index contributed by atoms with van der Waals surface area (Å²) < 4.78 is 18.3. The van der Waals surface area contributed by atoms with Crippen LogP contribution < -0.4 is 0 Å². The number of hydrogen-bond donors (Lipinski definition) is 0. The van der Waals surface area contributed by atoms with Gasteiger partial charge in [-0.05, 0) is 25.8 Å². The molecule has 0 aromatic rings. The molecule has 0 aromatic heterocycles. The summed E-state index contributed by atoms with van der Waals surface area (Å²) >= 11 is 0. The molecule has 0 aromatic carbocycles. The van der Waals surface area contributed by atoms with E-state index in [1.54, 1.807) is 6.92 Å². The van der Waals surface area contributed by atoms with E-state index >= 15 is 0 Å². The van der Waals surface area contributed by atoms with Crippen LogP contribution in [-0.2, 0) is 9.53 Å². The van der Waals surface area contributed by atoms with E-state index in [0.717, 1.165) is 12.5 Å². The van der Waals surface area contributed by atoms with E-state index in [0.29, 0.717) is 6.42 Å². The topological polar surface area (TPSA) is 26.3 Å². The molecule has 1 unspecified atom stereocenters. The second kappa shape index (κ2) is 5.73. The first-order valence-electron chi connectivity index (χ1n) is 4.60. The lowest BCUT2D eigenvalue weighted by Gasteiger charge is -2.18. The molecule has 0 saturated carbocycles. The standard InChI is InChI=1S/C10H17FO2/c1-4-7-8-10(11,5-2)9(12)13-6-3/h5H,2,4,6-8H2,1,3H3. The number of alkyl halides is 1. The Morgan fingerprint density at radius 1 is 1.62 bits per heavy atom. The van der Waals surface area contributed by atoms with Crippen LogP contribution in [0.15, 0.2) is 12.7 Å². The normalized spacial score (nSPS) is 14.7. The quantitative estimate of drug-likeness (QED) is 0.473. The Kier molecular flexibility index (Phi) is 5.35. The SMILES string of the molecule is C=CC(F)(CCCC)C(=O)OCC. The Labute approximate surface area is 78.8 Å². The molecule has 2 nitrogen and oxygen atoms in total. The number of carbonyl (C=O) groups is 1. The Morgan fingerprint density at radius 2 is 2.23 bits per heavy atom. The van der Waals surface area contributed by atoms with E-state index in [-0.39, 0.29) is 13.0 Å². The molecule has 0 amide bonds. The van der Waals surface area contributed by atoms with Gasteiger partial charge in [0.2, 0.25) is 5.67 Å². The molecule has 0 rings (SSSR count). The van der Waals surface area contributed by atoms with Crippen LogP contribution in [0.25, 0.3) is 0 Å². The van der Waals surface area contributed by atoms with Gasteiger partial charge in [0.15, 0.2) is 0 Å². The zero-order valence-electron chi connectivity index (χ0n) is 8.31. The summed E-state index contributed by atoms with van der Waals surface area (Å²) in [6.45, 7) is 7.11. The van der Waals surface area contributed by atoms with Gasteiger partial charge >= 0.3 is 5.97 Å². The van der Waals surface area contributed by atoms with E-state index < -0.39 is 11.6 Å². The summed E-state index contributed by atoms with van der Waals surface area (Å²) in [6, 6.07) is 0. The predicted octanol–water partition coefficient (Wildman–Crippen LogP) is 2.63. The maximum Gasteiger partial charge on any atom is 0.347 e. The number of halogens is 1. The van der Waals surface area contributed by atoms with Crippen LogP contribution in [0, 0.1) is 0 Å². The molecule has 0 aliphatic heterocycles. The van der Waals surface area contributed by atoms with Crippen molar-refractivity contribution in [3.8, 4) is 0 Å². The van der Waals surface area contributed by atoms with Gasteiger partial charge in [-0.15, -0.1) is 0 Å². The number of hydrogen-bond acceptors (Lipinski definition) is 2. The molecule has 1 atom stereocenters. The minimum atomic E-state index is -1.99. The van der Waals surface area contributed by atoms with E-state index in [1.807, 2.05) is 6.92 Å². The lowest BCUT2D eigenvalue weighted by atomic mass is 9.99. The van der Waals surface area contributed by atoms with Crippen LogP contribution in [0.3, 0.4) is 0 Å². The first-order valence-corrected chi connectivity index (χ1v) is 4.60. The number of carbonyl (C=O) groups excluding carboxylic acids is 1. The summed E-state index contributed by atoms with van der Waals surface area (Å²) in [5.41, 5.74) is -1.99. The minimum absolute atomic E-state index is 0.159. The largest absolute Gasteiger partial charge is 0.463 e. The zero-order chi connectivity index (χ0) is 10.3. The van der Waals surface area contributed by atoms with Gasteiger partial charge in [-0.2, -0.15) is 0 Å². The number of esters is 1. The fourth-order valence-electron chi connectivity index (χ4n) is 0.973. The van der Waals surface area contributed by atoms with Gasteiger partial charge in [0.25, 0.3) is 0 Å². The Bertz CT molecular complexity index is 180. The van der Waals surface area contributed by atoms with E-state index in [9.17, 15) is 9.18 Å². The minimum Gasteiger partial charge on any atom is -0.463 e. The summed E-state index contributed by atoms with van der Waals surface area (Å²) in [6.07, 6.45) is 2.69. The van der Waals surface area contributed by atoms with Crippen LogP contribution in [-0.4, -0.2) is 18.2 Å². The lowest BCUT2D eigenvalue weighted by Crippen LogP contribution is -2.33. The van der Waals surface area contributed by atoms with Gasteiger partial charge in [0.05, 0.1) is 6.61 Å². The Hall–Kier alpha value is -0.860. The fourth-order valence-corrected chi connectivity index (χ4v) is 0.973. The third-order valence-corrected chi connectivity index (χ3v) is 1.83. The Morgan fingerprint density at radius 3 is 2.62 bits per heavy atom. The molecule has 0 saturated heterocycles. The van der Waals surface area contributed by atoms with Crippen LogP contribution in [0.4, 0.5) is 4.39 Å². The van der Waals surface area contributed by atoms with Crippen molar-refractivity contribution in [1.29, 1.82) is 0 Å². The summed E-state index contributed by atoms with van der Waals surface area (Å²) in [7, 11) is 0. The maximum absolute atomic E-state index is 13.7. The predicted molar refractivity (Wildman–Crippen MR) is 50.2 cm³/mol. The van der Waals surface area contributed by atoms with Gasteiger partial charge < -0.3 is 4.74 Å². The fraction of sp³-hybridized carbons (Fsp3) is 0.700. The highest BCUT2D eigenvalue weighted by atomic mass is 19.1. The molecule has 3 heteroatoms. The van der Waals surface area contributed by atoms with Crippen molar-refractivity contribution in [1.82, 2.24) is 0 Å². The first kappa shape index (κ1) is 12.1. The molecule has 0 spiro atoms. The van der Waals surface area contributed by atoms with Gasteiger partial charge in [-0.25, -0.2) is 9.18 Å². The molecule has 13 heavy (non-hydrogen) atoms. The molecular weight excluding hydrogens is 171 g/mol. The summed E-state index contributed by atoms with van der Waals surface area (Å²) in [5.74, 6) is -0.821. The highest BCUT2D eigenvalue weighted by Gasteiger charge is 2.35. The van der Waals surface area contributed by atoms with Crippen molar-refractivity contribution < 1.29 is 13.9 Å². The van der Waals surface area contributed by atoms with Crippen molar-refractivity contribution in [2.24, 2.45) is 0 Å². The average molecular weight is 188 g/mol. The third-order valence-electron chi connectivity index (χ3n) is 1.83. The molecule has 76 valence electrons. The van der Waals surface area contributed by atoms with Crippen LogP contribution >= 0.6 is 0 Å². The monoisotopic (exact) mass is 188 g/mol. The second-order valence-electron chi connectivity index (χ2n) is 2.89. The molecule has 0 N–H and O–H groups in total. The maximum atomic E-state index is 13.7. The first-order chi connectivity index (χ1) is 6.10. The molecule has 0 fully saturated rings. The van der Waals surface area contributed by atoms with Crippen molar-refractivity contribution in [3.63, 3.8) is 0 Å². The molecule has 0 aliphatic rings. The van der Waals surface area contributed by atoms with Gasteiger partial charge in [0, 0.05) is 0 Å². The van der Waals surface area contributed by atoms with Crippen molar-refractivity contribution in [3.05, 3.63) is 12.7 Å².